The number of aryl methyl sites for hydroxylation is 1. The normalized spacial score (nSPS) is 23.5. The summed E-state index contributed by atoms with van der Waals surface area (Å²) in [7, 11) is 0. The Kier molecular flexibility index (Phi) is 5.02. The first-order chi connectivity index (χ1) is 10.6. The molecular weight excluding hydrogens is 270 g/mol. The summed E-state index contributed by atoms with van der Waals surface area (Å²) in [5, 5.41) is 0. The molecule has 0 unspecified atom stereocenters. The van der Waals surface area contributed by atoms with E-state index in [0.717, 1.165) is 5.92 Å². The van der Waals surface area contributed by atoms with E-state index >= 15 is 0 Å². The minimum Gasteiger partial charge on any atom is -0.356 e. The average molecular weight is 301 g/mol. The molecule has 0 bridgehead atoms. The van der Waals surface area contributed by atoms with Crippen LogP contribution in [0.1, 0.15) is 63.1 Å². The van der Waals surface area contributed by atoms with Gasteiger partial charge in [-0.1, -0.05) is 20.3 Å². The number of anilines is 1. The van der Waals surface area contributed by atoms with Crippen molar-refractivity contribution in [2.75, 3.05) is 31.1 Å². The van der Waals surface area contributed by atoms with Crippen molar-refractivity contribution in [3.8, 4) is 0 Å². The van der Waals surface area contributed by atoms with Crippen LogP contribution in [0.25, 0.3) is 0 Å². The topological polar surface area (TPSA) is 19.4 Å². The monoisotopic (exact) mass is 301 g/mol. The highest BCUT2D eigenvalue weighted by atomic mass is 15.2. The second kappa shape index (κ2) is 6.99. The van der Waals surface area contributed by atoms with Gasteiger partial charge in [-0.25, -0.2) is 4.98 Å². The lowest BCUT2D eigenvalue weighted by Gasteiger charge is -2.37. The van der Waals surface area contributed by atoms with Gasteiger partial charge in [0.1, 0.15) is 5.82 Å². The summed E-state index contributed by atoms with van der Waals surface area (Å²) >= 11 is 0. The van der Waals surface area contributed by atoms with Crippen molar-refractivity contribution in [2.24, 2.45) is 5.92 Å². The molecule has 1 aromatic rings. The van der Waals surface area contributed by atoms with Crippen molar-refractivity contribution in [2.45, 2.75) is 58.9 Å². The Hall–Kier alpha value is -1.09. The van der Waals surface area contributed by atoms with Crippen LogP contribution >= 0.6 is 0 Å². The lowest BCUT2D eigenvalue weighted by Crippen LogP contribution is -2.36. The summed E-state index contributed by atoms with van der Waals surface area (Å²) in [6.07, 6.45) is 8.77. The Balaban J connectivity index is 1.79. The van der Waals surface area contributed by atoms with Gasteiger partial charge in [-0.05, 0) is 62.3 Å². The van der Waals surface area contributed by atoms with Crippen molar-refractivity contribution < 1.29 is 0 Å². The summed E-state index contributed by atoms with van der Waals surface area (Å²) in [6, 6.07) is 2.99. The van der Waals surface area contributed by atoms with Gasteiger partial charge in [0.05, 0.1) is 0 Å². The van der Waals surface area contributed by atoms with Gasteiger partial charge in [0.25, 0.3) is 0 Å². The SMILES string of the molecule is Cc1cc([C@H]2CCCCN2CC(C)C)cnc1N1CCCC1. The zero-order chi connectivity index (χ0) is 15.5. The van der Waals surface area contributed by atoms with Gasteiger partial charge in [0.15, 0.2) is 0 Å². The van der Waals surface area contributed by atoms with E-state index in [4.69, 9.17) is 4.98 Å². The van der Waals surface area contributed by atoms with Gasteiger partial charge in [0, 0.05) is 31.9 Å². The van der Waals surface area contributed by atoms with E-state index < -0.39 is 0 Å². The smallest absolute Gasteiger partial charge is 0.131 e. The van der Waals surface area contributed by atoms with E-state index in [-0.39, 0.29) is 0 Å². The first-order valence-electron chi connectivity index (χ1n) is 9.10. The van der Waals surface area contributed by atoms with Gasteiger partial charge in [-0.2, -0.15) is 0 Å². The summed E-state index contributed by atoms with van der Waals surface area (Å²) < 4.78 is 0. The fraction of sp³-hybridized carbons (Fsp3) is 0.737. The standard InChI is InChI=1S/C19H31N3/c1-15(2)14-22-11-5-4-8-18(22)17-12-16(3)19(20-13-17)21-9-6-7-10-21/h12-13,15,18H,4-11,14H2,1-3H3/t18-/m1/s1. The molecule has 0 N–H and O–H groups in total. The predicted molar refractivity (Wildman–Crippen MR) is 93.4 cm³/mol. The van der Waals surface area contributed by atoms with E-state index in [1.165, 1.54) is 75.2 Å². The molecular formula is C19H31N3. The van der Waals surface area contributed by atoms with Crippen LogP contribution in [0, 0.1) is 12.8 Å². The molecule has 0 radical (unpaired) electrons. The molecule has 3 nitrogen and oxygen atoms in total. The van der Waals surface area contributed by atoms with E-state index in [9.17, 15) is 0 Å². The van der Waals surface area contributed by atoms with Crippen molar-refractivity contribution in [1.29, 1.82) is 0 Å². The highest BCUT2D eigenvalue weighted by Crippen LogP contribution is 2.33. The Morgan fingerprint density at radius 3 is 2.55 bits per heavy atom. The van der Waals surface area contributed by atoms with E-state index in [0.29, 0.717) is 6.04 Å². The molecule has 1 atom stereocenters. The highest BCUT2D eigenvalue weighted by molar-refractivity contribution is 5.48. The van der Waals surface area contributed by atoms with Gasteiger partial charge in [-0.3, -0.25) is 4.90 Å². The maximum Gasteiger partial charge on any atom is 0.131 e. The Morgan fingerprint density at radius 2 is 1.86 bits per heavy atom. The minimum atomic E-state index is 0.579. The number of piperidine rings is 1. The predicted octanol–water partition coefficient (Wildman–Crippen LogP) is 4.17. The first-order valence-corrected chi connectivity index (χ1v) is 9.10. The Morgan fingerprint density at radius 1 is 1.14 bits per heavy atom. The molecule has 3 heteroatoms. The Labute approximate surface area is 135 Å². The maximum atomic E-state index is 4.85. The number of nitrogens with zero attached hydrogens (tertiary/aromatic N) is 3. The molecule has 2 aliphatic heterocycles. The molecule has 0 spiro atoms. The van der Waals surface area contributed by atoms with Crippen LogP contribution in [-0.2, 0) is 0 Å². The van der Waals surface area contributed by atoms with E-state index in [2.05, 4.69) is 42.8 Å². The fourth-order valence-corrected chi connectivity index (χ4v) is 4.09. The third-order valence-electron chi connectivity index (χ3n) is 5.08. The number of hydrogen-bond acceptors (Lipinski definition) is 3. The zero-order valence-corrected chi connectivity index (χ0v) is 14.5. The number of aromatic nitrogens is 1. The Bertz CT molecular complexity index is 491. The molecule has 2 aliphatic rings. The third kappa shape index (κ3) is 3.45. The third-order valence-corrected chi connectivity index (χ3v) is 5.08. The van der Waals surface area contributed by atoms with Gasteiger partial charge >= 0.3 is 0 Å². The molecule has 2 fully saturated rings. The average Bonchev–Trinajstić information content (AvgIpc) is 3.01. The lowest BCUT2D eigenvalue weighted by molar-refractivity contribution is 0.132. The summed E-state index contributed by atoms with van der Waals surface area (Å²) in [6.45, 7) is 11.7. The van der Waals surface area contributed by atoms with E-state index in [1.54, 1.807) is 0 Å². The molecule has 0 saturated carbocycles. The van der Waals surface area contributed by atoms with Crippen LogP contribution in [0.3, 0.4) is 0 Å². The molecule has 3 heterocycles. The van der Waals surface area contributed by atoms with Crippen molar-refractivity contribution >= 4 is 5.82 Å². The number of hydrogen-bond donors (Lipinski definition) is 0. The molecule has 0 aromatic carbocycles. The molecule has 1 aromatic heterocycles. The molecule has 22 heavy (non-hydrogen) atoms. The van der Waals surface area contributed by atoms with Crippen LogP contribution in [0.5, 0.6) is 0 Å². The van der Waals surface area contributed by atoms with Crippen LogP contribution in [0.2, 0.25) is 0 Å². The second-order valence-corrected chi connectivity index (χ2v) is 7.50. The molecule has 122 valence electrons. The molecule has 2 saturated heterocycles. The van der Waals surface area contributed by atoms with Crippen molar-refractivity contribution in [1.82, 2.24) is 9.88 Å². The van der Waals surface area contributed by atoms with E-state index in [1.807, 2.05) is 0 Å². The van der Waals surface area contributed by atoms with Gasteiger partial charge in [0.2, 0.25) is 0 Å². The zero-order valence-electron chi connectivity index (χ0n) is 14.5. The second-order valence-electron chi connectivity index (χ2n) is 7.50. The highest BCUT2D eigenvalue weighted by Gasteiger charge is 2.25. The summed E-state index contributed by atoms with van der Waals surface area (Å²) in [5.74, 6) is 1.95. The van der Waals surface area contributed by atoms with Crippen molar-refractivity contribution in [3.05, 3.63) is 23.4 Å². The van der Waals surface area contributed by atoms with Gasteiger partial charge < -0.3 is 4.90 Å². The van der Waals surface area contributed by atoms with Crippen LogP contribution in [0.4, 0.5) is 5.82 Å². The number of rotatable bonds is 4. The maximum absolute atomic E-state index is 4.85. The first kappa shape index (κ1) is 15.8. The van der Waals surface area contributed by atoms with Crippen molar-refractivity contribution in [3.63, 3.8) is 0 Å². The quantitative estimate of drug-likeness (QED) is 0.832. The van der Waals surface area contributed by atoms with Crippen LogP contribution in [-0.4, -0.2) is 36.1 Å². The lowest BCUT2D eigenvalue weighted by atomic mass is 9.94. The van der Waals surface area contributed by atoms with Crippen LogP contribution in [0.15, 0.2) is 12.3 Å². The minimum absolute atomic E-state index is 0.579. The van der Waals surface area contributed by atoms with Crippen LogP contribution < -0.4 is 4.90 Å². The molecule has 0 amide bonds. The molecule has 3 rings (SSSR count). The molecule has 0 aliphatic carbocycles. The summed E-state index contributed by atoms with van der Waals surface area (Å²) in [4.78, 5) is 9.98. The summed E-state index contributed by atoms with van der Waals surface area (Å²) in [5.41, 5.74) is 2.79. The fourth-order valence-electron chi connectivity index (χ4n) is 4.09. The number of likely N-dealkylation sites (tertiary alicyclic amines) is 1. The largest absolute Gasteiger partial charge is 0.356 e. The number of pyridine rings is 1. The van der Waals surface area contributed by atoms with Gasteiger partial charge in [-0.15, -0.1) is 0 Å².